The Bertz CT molecular complexity index is 334. The maximum Gasteiger partial charge on any atom is 0.148 e. The van der Waals surface area contributed by atoms with E-state index in [1.54, 1.807) is 6.20 Å². The van der Waals surface area contributed by atoms with Gasteiger partial charge in [-0.15, -0.1) is 0 Å². The van der Waals surface area contributed by atoms with E-state index in [-0.39, 0.29) is 17.8 Å². The number of nitrogens with zero attached hydrogens (tertiary/aromatic N) is 1. The van der Waals surface area contributed by atoms with Crippen molar-refractivity contribution in [2.24, 2.45) is 0 Å². The van der Waals surface area contributed by atoms with Gasteiger partial charge in [-0.2, -0.15) is 0 Å². The van der Waals surface area contributed by atoms with Gasteiger partial charge in [0.2, 0.25) is 0 Å². The van der Waals surface area contributed by atoms with E-state index in [0.29, 0.717) is 11.3 Å². The molecule has 0 aromatic carbocycles. The molecular formula is C11H14FNO. The molecule has 1 saturated carbocycles. The smallest absolute Gasteiger partial charge is 0.148 e. The molecule has 0 saturated heterocycles. The van der Waals surface area contributed by atoms with Crippen LogP contribution in [0.2, 0.25) is 0 Å². The normalized spacial score (nSPS) is 16.0. The summed E-state index contributed by atoms with van der Waals surface area (Å²) in [5.41, 5.74) is 0.645. The monoisotopic (exact) mass is 195 g/mol. The van der Waals surface area contributed by atoms with Crippen molar-refractivity contribution in [3.63, 3.8) is 0 Å². The molecule has 1 fully saturated rings. The highest BCUT2D eigenvalue weighted by Crippen LogP contribution is 2.33. The Labute approximate surface area is 83.1 Å². The minimum Gasteiger partial charge on any atom is -0.488 e. The number of hydrogen-bond donors (Lipinski definition) is 0. The number of pyridine rings is 1. The lowest BCUT2D eigenvalue weighted by Crippen LogP contribution is -2.04. The molecule has 1 aromatic rings. The van der Waals surface area contributed by atoms with Gasteiger partial charge in [0.1, 0.15) is 11.6 Å². The summed E-state index contributed by atoms with van der Waals surface area (Å²) in [4.78, 5) is 3.81. The van der Waals surface area contributed by atoms with Crippen molar-refractivity contribution >= 4 is 0 Å². The highest BCUT2D eigenvalue weighted by Gasteiger charge is 2.26. The number of halogens is 1. The van der Waals surface area contributed by atoms with Crippen molar-refractivity contribution < 1.29 is 9.13 Å². The number of ether oxygens (including phenoxy) is 1. The van der Waals surface area contributed by atoms with Crippen LogP contribution < -0.4 is 4.74 Å². The molecule has 1 heterocycles. The second-order valence-corrected chi connectivity index (χ2v) is 4.01. The highest BCUT2D eigenvalue weighted by molar-refractivity contribution is 5.34. The van der Waals surface area contributed by atoms with Crippen LogP contribution in [0.15, 0.2) is 12.4 Å². The van der Waals surface area contributed by atoms with E-state index in [1.165, 1.54) is 6.20 Å². The minimum absolute atomic E-state index is 0.131. The number of rotatable bonds is 3. The second kappa shape index (κ2) is 3.56. The first-order valence-corrected chi connectivity index (χ1v) is 4.98. The van der Waals surface area contributed by atoms with Gasteiger partial charge in [-0.05, 0) is 18.8 Å². The predicted octanol–water partition coefficient (Wildman–Crippen LogP) is 2.89. The van der Waals surface area contributed by atoms with Crippen molar-refractivity contribution in [1.29, 1.82) is 0 Å². The first kappa shape index (κ1) is 9.44. The van der Waals surface area contributed by atoms with Gasteiger partial charge >= 0.3 is 0 Å². The van der Waals surface area contributed by atoms with E-state index in [1.807, 2.05) is 13.8 Å². The zero-order valence-electron chi connectivity index (χ0n) is 8.46. The lowest BCUT2D eigenvalue weighted by molar-refractivity contribution is 0.295. The standard InChI is InChI=1S/C11H14FNO/c1-7(2)11-9(12)5-13-6-10(11)14-8-3-4-8/h5-8H,3-4H2,1-2H3. The van der Waals surface area contributed by atoms with Crippen LogP contribution >= 0.6 is 0 Å². The maximum atomic E-state index is 13.4. The largest absolute Gasteiger partial charge is 0.488 e. The summed E-state index contributed by atoms with van der Waals surface area (Å²) in [6, 6.07) is 0. The molecule has 0 radical (unpaired) electrons. The molecule has 2 rings (SSSR count). The van der Waals surface area contributed by atoms with Gasteiger partial charge in [0.15, 0.2) is 0 Å². The molecule has 0 amide bonds. The first-order chi connectivity index (χ1) is 6.68. The van der Waals surface area contributed by atoms with Gasteiger partial charge in [0, 0.05) is 5.56 Å². The van der Waals surface area contributed by atoms with E-state index >= 15 is 0 Å². The maximum absolute atomic E-state index is 13.4. The Morgan fingerprint density at radius 3 is 2.71 bits per heavy atom. The van der Waals surface area contributed by atoms with E-state index in [4.69, 9.17) is 4.74 Å². The Balaban J connectivity index is 2.30. The Hall–Kier alpha value is -1.12. The van der Waals surface area contributed by atoms with Crippen LogP contribution in [0, 0.1) is 5.82 Å². The second-order valence-electron chi connectivity index (χ2n) is 4.01. The lowest BCUT2D eigenvalue weighted by atomic mass is 10.0. The first-order valence-electron chi connectivity index (χ1n) is 4.98. The zero-order valence-corrected chi connectivity index (χ0v) is 8.46. The summed E-state index contributed by atoms with van der Waals surface area (Å²) >= 11 is 0. The molecule has 76 valence electrons. The van der Waals surface area contributed by atoms with Crippen molar-refractivity contribution in [2.45, 2.75) is 38.7 Å². The molecule has 0 N–H and O–H groups in total. The fraction of sp³-hybridized carbons (Fsp3) is 0.545. The molecule has 1 aromatic heterocycles. The van der Waals surface area contributed by atoms with Gasteiger partial charge < -0.3 is 4.74 Å². The molecule has 14 heavy (non-hydrogen) atoms. The number of hydrogen-bond acceptors (Lipinski definition) is 2. The summed E-state index contributed by atoms with van der Waals surface area (Å²) in [6.45, 7) is 3.91. The van der Waals surface area contributed by atoms with E-state index in [0.717, 1.165) is 12.8 Å². The van der Waals surface area contributed by atoms with Crippen LogP contribution in [-0.2, 0) is 0 Å². The van der Waals surface area contributed by atoms with Gasteiger partial charge in [-0.1, -0.05) is 13.8 Å². The minimum atomic E-state index is -0.266. The Kier molecular flexibility index (Phi) is 2.40. The molecular weight excluding hydrogens is 181 g/mol. The third-order valence-electron chi connectivity index (χ3n) is 2.30. The van der Waals surface area contributed by atoms with E-state index < -0.39 is 0 Å². The molecule has 0 spiro atoms. The van der Waals surface area contributed by atoms with Gasteiger partial charge in [0.05, 0.1) is 18.5 Å². The SMILES string of the molecule is CC(C)c1c(F)cncc1OC1CC1. The van der Waals surface area contributed by atoms with Crippen LogP contribution in [-0.4, -0.2) is 11.1 Å². The molecule has 0 atom stereocenters. The van der Waals surface area contributed by atoms with Crippen molar-refractivity contribution in [1.82, 2.24) is 4.98 Å². The van der Waals surface area contributed by atoms with Crippen LogP contribution in [0.4, 0.5) is 4.39 Å². The summed E-state index contributed by atoms with van der Waals surface area (Å²) in [5, 5.41) is 0. The third-order valence-corrected chi connectivity index (χ3v) is 2.30. The molecule has 1 aliphatic carbocycles. The van der Waals surface area contributed by atoms with Crippen LogP contribution in [0.5, 0.6) is 5.75 Å². The fourth-order valence-electron chi connectivity index (χ4n) is 1.45. The molecule has 0 unspecified atom stereocenters. The van der Waals surface area contributed by atoms with Crippen molar-refractivity contribution in [3.05, 3.63) is 23.8 Å². The van der Waals surface area contributed by atoms with E-state index in [9.17, 15) is 4.39 Å². The summed E-state index contributed by atoms with van der Waals surface area (Å²) < 4.78 is 19.0. The van der Waals surface area contributed by atoms with Gasteiger partial charge in [0.25, 0.3) is 0 Å². The average Bonchev–Trinajstić information content (AvgIpc) is 2.87. The number of aromatic nitrogens is 1. The molecule has 1 aliphatic rings. The Morgan fingerprint density at radius 1 is 1.43 bits per heavy atom. The summed E-state index contributed by atoms with van der Waals surface area (Å²) in [7, 11) is 0. The summed E-state index contributed by atoms with van der Waals surface area (Å²) in [5.74, 6) is 0.479. The molecule has 0 aliphatic heterocycles. The van der Waals surface area contributed by atoms with Gasteiger partial charge in [-0.3, -0.25) is 4.98 Å². The molecule has 0 bridgehead atoms. The highest BCUT2D eigenvalue weighted by atomic mass is 19.1. The van der Waals surface area contributed by atoms with Crippen LogP contribution in [0.3, 0.4) is 0 Å². The lowest BCUT2D eigenvalue weighted by Gasteiger charge is -2.13. The van der Waals surface area contributed by atoms with Crippen molar-refractivity contribution in [2.75, 3.05) is 0 Å². The van der Waals surface area contributed by atoms with Crippen LogP contribution in [0.25, 0.3) is 0 Å². The Morgan fingerprint density at radius 2 is 2.14 bits per heavy atom. The fourth-order valence-corrected chi connectivity index (χ4v) is 1.45. The topological polar surface area (TPSA) is 22.1 Å². The molecule has 3 heteroatoms. The predicted molar refractivity (Wildman–Crippen MR) is 51.9 cm³/mol. The van der Waals surface area contributed by atoms with E-state index in [2.05, 4.69) is 4.98 Å². The van der Waals surface area contributed by atoms with Crippen LogP contribution in [0.1, 0.15) is 38.2 Å². The van der Waals surface area contributed by atoms with Gasteiger partial charge in [-0.25, -0.2) is 4.39 Å². The summed E-state index contributed by atoms with van der Waals surface area (Å²) in [6.07, 6.45) is 5.30. The zero-order chi connectivity index (χ0) is 10.1. The van der Waals surface area contributed by atoms with Crippen molar-refractivity contribution in [3.8, 4) is 5.75 Å². The average molecular weight is 195 g/mol. The third kappa shape index (κ3) is 1.86. The molecule has 2 nitrogen and oxygen atoms in total. The quantitative estimate of drug-likeness (QED) is 0.739.